The van der Waals surface area contributed by atoms with Crippen LogP contribution in [0.2, 0.25) is 0 Å². The van der Waals surface area contributed by atoms with E-state index < -0.39 is 12.2 Å². The van der Waals surface area contributed by atoms with E-state index in [1.165, 1.54) is 0 Å². The van der Waals surface area contributed by atoms with Gasteiger partial charge in [0.15, 0.2) is 0 Å². The number of rotatable bonds is 5. The van der Waals surface area contributed by atoms with Crippen molar-refractivity contribution < 1.29 is 14.9 Å². The first kappa shape index (κ1) is 11.3. The van der Waals surface area contributed by atoms with Crippen LogP contribution in [0.5, 0.6) is 0 Å². The largest absolute Gasteiger partial charge is 0.390 e. The maximum Gasteiger partial charge on any atom is 0.0947 e. The molecule has 2 unspecified atom stereocenters. The average molecular weight is 206 g/mol. The van der Waals surface area contributed by atoms with Gasteiger partial charge in [-0.2, -0.15) is 11.8 Å². The van der Waals surface area contributed by atoms with Crippen molar-refractivity contribution in [3.8, 4) is 0 Å². The second kappa shape index (κ2) is 5.86. The zero-order valence-corrected chi connectivity index (χ0v) is 8.80. The van der Waals surface area contributed by atoms with Gasteiger partial charge in [0.2, 0.25) is 0 Å². The number of aliphatic hydroxyl groups excluding tert-OH is 2. The Bertz CT molecular complexity index is 143. The van der Waals surface area contributed by atoms with Crippen LogP contribution in [-0.4, -0.2) is 46.6 Å². The van der Waals surface area contributed by atoms with Crippen LogP contribution in [0.15, 0.2) is 0 Å². The van der Waals surface area contributed by atoms with E-state index >= 15 is 0 Å². The Balaban J connectivity index is 2.08. The predicted octanol–water partition coefficient (Wildman–Crippen LogP) is 0.640. The summed E-state index contributed by atoms with van der Waals surface area (Å²) in [6.07, 6.45) is 1.02. The number of hydrogen-bond acceptors (Lipinski definition) is 4. The van der Waals surface area contributed by atoms with Crippen LogP contribution in [0.4, 0.5) is 0 Å². The lowest BCUT2D eigenvalue weighted by Gasteiger charge is -2.15. The third-order valence-electron chi connectivity index (χ3n) is 2.18. The van der Waals surface area contributed by atoms with Gasteiger partial charge in [0.1, 0.15) is 0 Å². The summed E-state index contributed by atoms with van der Waals surface area (Å²) in [7, 11) is 0. The smallest absolute Gasteiger partial charge is 0.0947 e. The minimum absolute atomic E-state index is 0.0619. The SMILES string of the molecule is CCCCOCC1SCC(O)[C@@H]1O. The summed E-state index contributed by atoms with van der Waals surface area (Å²) < 4.78 is 5.38. The zero-order valence-electron chi connectivity index (χ0n) is 7.98. The molecule has 1 fully saturated rings. The number of unbranched alkanes of at least 4 members (excludes halogenated alkanes) is 1. The van der Waals surface area contributed by atoms with Crippen molar-refractivity contribution in [2.24, 2.45) is 0 Å². The number of ether oxygens (including phenoxy) is 1. The predicted molar refractivity (Wildman–Crippen MR) is 54.0 cm³/mol. The van der Waals surface area contributed by atoms with E-state index in [0.717, 1.165) is 19.4 Å². The molecule has 0 aromatic rings. The van der Waals surface area contributed by atoms with Crippen LogP contribution in [0.1, 0.15) is 19.8 Å². The van der Waals surface area contributed by atoms with Crippen LogP contribution >= 0.6 is 11.8 Å². The molecule has 0 saturated carbocycles. The van der Waals surface area contributed by atoms with Gasteiger partial charge in [0.25, 0.3) is 0 Å². The molecule has 0 amide bonds. The van der Waals surface area contributed by atoms with Gasteiger partial charge in [0, 0.05) is 12.4 Å². The maximum atomic E-state index is 9.46. The first-order chi connectivity index (χ1) is 6.25. The van der Waals surface area contributed by atoms with Crippen molar-refractivity contribution in [2.75, 3.05) is 19.0 Å². The molecule has 13 heavy (non-hydrogen) atoms. The van der Waals surface area contributed by atoms with Crippen LogP contribution in [0.25, 0.3) is 0 Å². The Morgan fingerprint density at radius 1 is 1.46 bits per heavy atom. The molecule has 1 aliphatic rings. The molecule has 1 rings (SSSR count). The molecule has 3 atom stereocenters. The first-order valence-corrected chi connectivity index (χ1v) is 5.86. The molecular formula is C9H18O3S. The average Bonchev–Trinajstić information content (AvgIpc) is 2.43. The van der Waals surface area contributed by atoms with Crippen LogP contribution < -0.4 is 0 Å². The van der Waals surface area contributed by atoms with E-state index in [2.05, 4.69) is 6.92 Å². The zero-order chi connectivity index (χ0) is 9.68. The fourth-order valence-corrected chi connectivity index (χ4v) is 2.47. The number of aliphatic hydroxyl groups is 2. The Morgan fingerprint density at radius 2 is 2.23 bits per heavy atom. The van der Waals surface area contributed by atoms with Crippen molar-refractivity contribution in [1.82, 2.24) is 0 Å². The van der Waals surface area contributed by atoms with E-state index in [0.29, 0.717) is 12.4 Å². The maximum absolute atomic E-state index is 9.46. The highest BCUT2D eigenvalue weighted by molar-refractivity contribution is 8.00. The highest BCUT2D eigenvalue weighted by Crippen LogP contribution is 2.27. The number of hydrogen-bond donors (Lipinski definition) is 2. The molecule has 2 N–H and O–H groups in total. The van der Waals surface area contributed by atoms with E-state index in [1.54, 1.807) is 11.8 Å². The minimum Gasteiger partial charge on any atom is -0.390 e. The summed E-state index contributed by atoms with van der Waals surface area (Å²) in [5, 5.41) is 18.8. The van der Waals surface area contributed by atoms with Crippen LogP contribution in [-0.2, 0) is 4.74 Å². The summed E-state index contributed by atoms with van der Waals surface area (Å²) in [4.78, 5) is 0. The molecule has 1 aliphatic heterocycles. The third-order valence-corrected chi connectivity index (χ3v) is 3.56. The molecule has 0 spiro atoms. The third kappa shape index (κ3) is 3.46. The highest BCUT2D eigenvalue weighted by Gasteiger charge is 2.33. The van der Waals surface area contributed by atoms with Gasteiger partial charge in [-0.15, -0.1) is 0 Å². The van der Waals surface area contributed by atoms with Gasteiger partial charge in [-0.25, -0.2) is 0 Å². The van der Waals surface area contributed by atoms with E-state index in [-0.39, 0.29) is 5.25 Å². The fraction of sp³-hybridized carbons (Fsp3) is 1.00. The number of thioether (sulfide) groups is 1. The molecule has 4 heteroatoms. The van der Waals surface area contributed by atoms with Crippen LogP contribution in [0.3, 0.4) is 0 Å². The molecule has 0 aromatic heterocycles. The standard InChI is InChI=1S/C9H18O3S/c1-2-3-4-12-5-8-9(11)7(10)6-13-8/h7-11H,2-6H2,1H3/t7?,8?,9-/m0/s1. The summed E-state index contributed by atoms with van der Waals surface area (Å²) in [6.45, 7) is 3.44. The van der Waals surface area contributed by atoms with Crippen molar-refractivity contribution in [2.45, 2.75) is 37.2 Å². The topological polar surface area (TPSA) is 49.7 Å². The Labute approximate surface area is 83.5 Å². The molecule has 0 bridgehead atoms. The highest BCUT2D eigenvalue weighted by atomic mass is 32.2. The minimum atomic E-state index is -0.605. The summed E-state index contributed by atoms with van der Waals surface area (Å²) >= 11 is 1.59. The van der Waals surface area contributed by atoms with E-state index in [4.69, 9.17) is 4.74 Å². The lowest BCUT2D eigenvalue weighted by molar-refractivity contribution is 0.0206. The van der Waals surface area contributed by atoms with Crippen molar-refractivity contribution in [3.63, 3.8) is 0 Å². The second-order valence-corrected chi connectivity index (χ2v) is 4.63. The second-order valence-electron chi connectivity index (χ2n) is 3.36. The van der Waals surface area contributed by atoms with Gasteiger partial charge in [-0.05, 0) is 6.42 Å². The normalized spacial score (nSPS) is 33.9. The molecular weight excluding hydrogens is 188 g/mol. The Morgan fingerprint density at radius 3 is 2.77 bits per heavy atom. The lowest BCUT2D eigenvalue weighted by atomic mass is 10.2. The molecule has 78 valence electrons. The molecule has 1 heterocycles. The molecule has 0 radical (unpaired) electrons. The van der Waals surface area contributed by atoms with Crippen molar-refractivity contribution >= 4 is 11.8 Å². The van der Waals surface area contributed by atoms with Gasteiger partial charge in [-0.1, -0.05) is 13.3 Å². The summed E-state index contributed by atoms with van der Waals surface area (Å²) in [5.74, 6) is 0.628. The van der Waals surface area contributed by atoms with Crippen molar-refractivity contribution in [3.05, 3.63) is 0 Å². The Kier molecular flexibility index (Phi) is 5.09. The fourth-order valence-electron chi connectivity index (χ4n) is 1.26. The van der Waals surface area contributed by atoms with Gasteiger partial charge >= 0.3 is 0 Å². The van der Waals surface area contributed by atoms with E-state index in [1.807, 2.05) is 0 Å². The molecule has 3 nitrogen and oxygen atoms in total. The monoisotopic (exact) mass is 206 g/mol. The lowest BCUT2D eigenvalue weighted by Crippen LogP contribution is -2.31. The van der Waals surface area contributed by atoms with Crippen molar-refractivity contribution in [1.29, 1.82) is 0 Å². The van der Waals surface area contributed by atoms with E-state index in [9.17, 15) is 10.2 Å². The van der Waals surface area contributed by atoms with Gasteiger partial charge in [-0.3, -0.25) is 0 Å². The quantitative estimate of drug-likeness (QED) is 0.648. The first-order valence-electron chi connectivity index (χ1n) is 4.81. The molecule has 1 saturated heterocycles. The summed E-state index contributed by atoms with van der Waals surface area (Å²) in [6, 6.07) is 0. The van der Waals surface area contributed by atoms with Gasteiger partial charge < -0.3 is 14.9 Å². The molecule has 0 aromatic carbocycles. The summed E-state index contributed by atoms with van der Waals surface area (Å²) in [5.41, 5.74) is 0. The van der Waals surface area contributed by atoms with Gasteiger partial charge in [0.05, 0.1) is 24.1 Å². The Hall–Kier alpha value is 0.230. The van der Waals surface area contributed by atoms with Crippen LogP contribution in [0, 0.1) is 0 Å². The molecule has 0 aliphatic carbocycles.